The van der Waals surface area contributed by atoms with Crippen molar-refractivity contribution in [3.63, 3.8) is 0 Å². The summed E-state index contributed by atoms with van der Waals surface area (Å²) in [5.74, 6) is -1.58. The van der Waals surface area contributed by atoms with Gasteiger partial charge in [-0.1, -0.05) is 11.6 Å². The van der Waals surface area contributed by atoms with E-state index in [4.69, 9.17) is 21.4 Å². The summed E-state index contributed by atoms with van der Waals surface area (Å²) >= 11 is 5.54. The van der Waals surface area contributed by atoms with E-state index in [1.165, 1.54) is 19.1 Å². The monoisotopic (exact) mass is 282 g/mol. The first-order valence-corrected chi connectivity index (χ1v) is 5.55. The highest BCUT2D eigenvalue weighted by atomic mass is 35.5. The van der Waals surface area contributed by atoms with Gasteiger partial charge in [0.15, 0.2) is 0 Å². The third-order valence-electron chi connectivity index (χ3n) is 2.29. The molecular formula is C12H8ClFN2O3. The third-order valence-corrected chi connectivity index (χ3v) is 2.59. The molecule has 0 aliphatic heterocycles. The van der Waals surface area contributed by atoms with E-state index in [2.05, 4.69) is 9.97 Å². The number of hydrogen-bond acceptors (Lipinski definition) is 4. The number of aromatic carboxylic acids is 1. The molecule has 1 heterocycles. The Balaban J connectivity index is 2.26. The predicted octanol–water partition coefficient (Wildman–Crippen LogP) is 3.07. The Morgan fingerprint density at radius 3 is 2.79 bits per heavy atom. The summed E-state index contributed by atoms with van der Waals surface area (Å²) in [5.41, 5.74) is 0.238. The van der Waals surface area contributed by atoms with Crippen molar-refractivity contribution in [1.82, 2.24) is 9.97 Å². The molecule has 1 aromatic heterocycles. The van der Waals surface area contributed by atoms with Gasteiger partial charge in [-0.05, 0) is 19.1 Å². The zero-order valence-corrected chi connectivity index (χ0v) is 10.5. The van der Waals surface area contributed by atoms with Gasteiger partial charge in [0.05, 0.1) is 16.3 Å². The molecule has 0 fully saturated rings. The number of nitrogens with zero attached hydrogens (tertiary/aromatic N) is 2. The van der Waals surface area contributed by atoms with Crippen LogP contribution in [0, 0.1) is 12.7 Å². The lowest BCUT2D eigenvalue weighted by Gasteiger charge is -2.06. The van der Waals surface area contributed by atoms with E-state index in [0.717, 1.165) is 12.3 Å². The molecule has 0 bridgehead atoms. The number of carbonyl (C=O) groups is 1. The maximum Gasteiger partial charge on any atom is 0.339 e. The van der Waals surface area contributed by atoms with Crippen molar-refractivity contribution < 1.29 is 19.0 Å². The number of hydrogen-bond donors (Lipinski definition) is 1. The summed E-state index contributed by atoms with van der Waals surface area (Å²) in [7, 11) is 0. The highest BCUT2D eigenvalue weighted by Crippen LogP contribution is 2.23. The van der Waals surface area contributed by atoms with Gasteiger partial charge in [-0.3, -0.25) is 0 Å². The molecule has 19 heavy (non-hydrogen) atoms. The van der Waals surface area contributed by atoms with Gasteiger partial charge in [0.2, 0.25) is 0 Å². The highest BCUT2D eigenvalue weighted by Gasteiger charge is 2.11. The lowest BCUT2D eigenvalue weighted by atomic mass is 10.2. The summed E-state index contributed by atoms with van der Waals surface area (Å²) in [6.07, 6.45) is 1.13. The standard InChI is InChI=1S/C12H8ClFN2O3/c1-6-8(11(17)18)5-15-12(16-6)19-7-2-3-9(13)10(14)4-7/h2-5H,1H3,(H,17,18). The molecule has 0 atom stereocenters. The predicted molar refractivity (Wildman–Crippen MR) is 65.2 cm³/mol. The van der Waals surface area contributed by atoms with Crippen molar-refractivity contribution in [3.05, 3.63) is 46.5 Å². The first kappa shape index (κ1) is 13.2. The first-order chi connectivity index (χ1) is 8.97. The van der Waals surface area contributed by atoms with E-state index >= 15 is 0 Å². The molecule has 7 heteroatoms. The Morgan fingerprint density at radius 2 is 2.21 bits per heavy atom. The van der Waals surface area contributed by atoms with Gasteiger partial charge in [-0.25, -0.2) is 14.2 Å². The number of carboxylic acid groups (broad SMARTS) is 1. The zero-order chi connectivity index (χ0) is 14.0. The Labute approximate surface area is 112 Å². The van der Waals surface area contributed by atoms with Crippen molar-refractivity contribution in [2.75, 3.05) is 0 Å². The number of halogens is 2. The maximum atomic E-state index is 13.2. The molecule has 98 valence electrons. The van der Waals surface area contributed by atoms with Crippen LogP contribution in [0.1, 0.15) is 16.1 Å². The molecule has 2 aromatic rings. The van der Waals surface area contributed by atoms with E-state index in [1.807, 2.05) is 0 Å². The second-order valence-corrected chi connectivity index (χ2v) is 4.04. The topological polar surface area (TPSA) is 72.3 Å². The first-order valence-electron chi connectivity index (χ1n) is 5.17. The van der Waals surface area contributed by atoms with E-state index in [-0.39, 0.29) is 28.0 Å². The molecule has 0 aliphatic rings. The number of aryl methyl sites for hydroxylation is 1. The number of carboxylic acids is 1. The quantitative estimate of drug-likeness (QED) is 0.936. The van der Waals surface area contributed by atoms with Crippen molar-refractivity contribution in [2.24, 2.45) is 0 Å². The molecule has 0 aliphatic carbocycles. The Kier molecular flexibility index (Phi) is 3.62. The van der Waals surface area contributed by atoms with Crippen LogP contribution in [0.15, 0.2) is 24.4 Å². The molecule has 0 spiro atoms. The van der Waals surface area contributed by atoms with Crippen LogP contribution in [-0.2, 0) is 0 Å². The number of ether oxygens (including phenoxy) is 1. The summed E-state index contributed by atoms with van der Waals surface area (Å²) < 4.78 is 18.4. The fraction of sp³-hybridized carbons (Fsp3) is 0.0833. The Hall–Kier alpha value is -2.21. The third kappa shape index (κ3) is 2.97. The molecule has 0 unspecified atom stereocenters. The van der Waals surface area contributed by atoms with Crippen molar-refractivity contribution in [2.45, 2.75) is 6.92 Å². The van der Waals surface area contributed by atoms with Crippen LogP contribution in [0.5, 0.6) is 11.8 Å². The van der Waals surface area contributed by atoms with Crippen molar-refractivity contribution in [3.8, 4) is 11.8 Å². The van der Waals surface area contributed by atoms with Crippen LogP contribution < -0.4 is 4.74 Å². The zero-order valence-electron chi connectivity index (χ0n) is 9.72. The van der Waals surface area contributed by atoms with Crippen LogP contribution in [0.2, 0.25) is 5.02 Å². The number of benzene rings is 1. The maximum absolute atomic E-state index is 13.2. The van der Waals surface area contributed by atoms with Crippen LogP contribution in [0.3, 0.4) is 0 Å². The van der Waals surface area contributed by atoms with Crippen molar-refractivity contribution >= 4 is 17.6 Å². The molecule has 1 aromatic carbocycles. The van der Waals surface area contributed by atoms with Gasteiger partial charge < -0.3 is 9.84 Å². The van der Waals surface area contributed by atoms with Gasteiger partial charge in [0, 0.05) is 12.3 Å². The van der Waals surface area contributed by atoms with Crippen LogP contribution >= 0.6 is 11.6 Å². The molecule has 0 saturated heterocycles. The minimum absolute atomic E-state index is 0.0189. The van der Waals surface area contributed by atoms with Gasteiger partial charge in [0.1, 0.15) is 11.6 Å². The van der Waals surface area contributed by atoms with E-state index in [1.54, 1.807) is 0 Å². The number of aromatic nitrogens is 2. The van der Waals surface area contributed by atoms with E-state index in [9.17, 15) is 9.18 Å². The van der Waals surface area contributed by atoms with Gasteiger partial charge in [-0.2, -0.15) is 4.98 Å². The molecule has 0 radical (unpaired) electrons. The highest BCUT2D eigenvalue weighted by molar-refractivity contribution is 6.30. The molecule has 0 saturated carbocycles. The van der Waals surface area contributed by atoms with Crippen LogP contribution in [0.4, 0.5) is 4.39 Å². The normalized spacial score (nSPS) is 10.3. The summed E-state index contributed by atoms with van der Waals surface area (Å²) in [6.45, 7) is 1.51. The van der Waals surface area contributed by atoms with Gasteiger partial charge >= 0.3 is 12.0 Å². The summed E-state index contributed by atoms with van der Waals surface area (Å²) in [6, 6.07) is 3.82. The second-order valence-electron chi connectivity index (χ2n) is 3.63. The minimum atomic E-state index is -1.12. The van der Waals surface area contributed by atoms with Gasteiger partial charge in [-0.15, -0.1) is 0 Å². The summed E-state index contributed by atoms with van der Waals surface area (Å²) in [4.78, 5) is 18.4. The Bertz CT molecular complexity index is 649. The smallest absolute Gasteiger partial charge is 0.339 e. The number of rotatable bonds is 3. The van der Waals surface area contributed by atoms with Crippen LogP contribution in [-0.4, -0.2) is 21.0 Å². The average Bonchev–Trinajstić information content (AvgIpc) is 2.33. The van der Waals surface area contributed by atoms with Gasteiger partial charge in [0.25, 0.3) is 0 Å². The fourth-order valence-corrected chi connectivity index (χ4v) is 1.47. The average molecular weight is 283 g/mol. The van der Waals surface area contributed by atoms with E-state index < -0.39 is 11.8 Å². The summed E-state index contributed by atoms with van der Waals surface area (Å²) in [5, 5.41) is 8.81. The largest absolute Gasteiger partial charge is 0.478 e. The fourth-order valence-electron chi connectivity index (χ4n) is 1.35. The van der Waals surface area contributed by atoms with E-state index in [0.29, 0.717) is 0 Å². The molecular weight excluding hydrogens is 275 g/mol. The Morgan fingerprint density at radius 1 is 1.47 bits per heavy atom. The molecule has 1 N–H and O–H groups in total. The second kappa shape index (κ2) is 5.19. The molecule has 5 nitrogen and oxygen atoms in total. The lowest BCUT2D eigenvalue weighted by Crippen LogP contribution is -2.04. The minimum Gasteiger partial charge on any atom is -0.478 e. The molecule has 2 rings (SSSR count). The SMILES string of the molecule is Cc1nc(Oc2ccc(Cl)c(F)c2)ncc1C(=O)O. The lowest BCUT2D eigenvalue weighted by molar-refractivity contribution is 0.0695. The molecule has 0 amide bonds. The van der Waals surface area contributed by atoms with Crippen molar-refractivity contribution in [1.29, 1.82) is 0 Å². The van der Waals surface area contributed by atoms with Crippen LogP contribution in [0.25, 0.3) is 0 Å².